The molecule has 3 amide bonds. The van der Waals surface area contributed by atoms with E-state index in [-0.39, 0.29) is 29.1 Å². The maximum atomic E-state index is 12.8. The molecule has 0 bridgehead atoms. The van der Waals surface area contributed by atoms with Crippen LogP contribution in [0.3, 0.4) is 0 Å². The number of carbonyl (C=O) groups excluding carboxylic acids is 3. The first kappa shape index (κ1) is 19.5. The van der Waals surface area contributed by atoms with Crippen LogP contribution in [0.25, 0.3) is 0 Å². The van der Waals surface area contributed by atoms with E-state index in [4.69, 9.17) is 4.42 Å². The Morgan fingerprint density at radius 2 is 1.52 bits per heavy atom. The van der Waals surface area contributed by atoms with Gasteiger partial charge in [-0.05, 0) is 25.0 Å². The normalized spacial score (nSPS) is 19.3. The highest BCUT2D eigenvalue weighted by molar-refractivity contribution is 5.91. The highest BCUT2D eigenvalue weighted by Gasteiger charge is 2.35. The SMILES string of the molecule is CC(C)(C)C(=O)N1CCC(C(=O)N2CCN(C(=O)c3ccco3)CC2)CC1. The molecule has 0 spiro atoms. The summed E-state index contributed by atoms with van der Waals surface area (Å²) in [6.45, 7) is 9.20. The van der Waals surface area contributed by atoms with Crippen LogP contribution in [0.2, 0.25) is 0 Å². The zero-order valence-corrected chi connectivity index (χ0v) is 16.4. The van der Waals surface area contributed by atoms with Crippen LogP contribution in [0.4, 0.5) is 0 Å². The molecule has 27 heavy (non-hydrogen) atoms. The predicted octanol–water partition coefficient (Wildman–Crippen LogP) is 1.85. The third-order valence-corrected chi connectivity index (χ3v) is 5.38. The summed E-state index contributed by atoms with van der Waals surface area (Å²) in [4.78, 5) is 43.0. The Hall–Kier alpha value is -2.31. The van der Waals surface area contributed by atoms with Crippen LogP contribution in [-0.2, 0) is 9.59 Å². The second-order valence-electron chi connectivity index (χ2n) is 8.41. The summed E-state index contributed by atoms with van der Waals surface area (Å²) >= 11 is 0. The summed E-state index contributed by atoms with van der Waals surface area (Å²) in [6, 6.07) is 3.36. The quantitative estimate of drug-likeness (QED) is 0.791. The first-order valence-corrected chi connectivity index (χ1v) is 9.68. The average molecular weight is 375 g/mol. The van der Waals surface area contributed by atoms with Crippen molar-refractivity contribution in [2.24, 2.45) is 11.3 Å². The van der Waals surface area contributed by atoms with E-state index < -0.39 is 0 Å². The van der Waals surface area contributed by atoms with E-state index in [0.29, 0.717) is 57.9 Å². The molecule has 1 aromatic heterocycles. The van der Waals surface area contributed by atoms with Crippen LogP contribution in [0, 0.1) is 11.3 Å². The molecule has 7 nitrogen and oxygen atoms in total. The van der Waals surface area contributed by atoms with Crippen molar-refractivity contribution >= 4 is 17.7 Å². The molecule has 0 aromatic carbocycles. The fourth-order valence-electron chi connectivity index (χ4n) is 3.75. The van der Waals surface area contributed by atoms with Crippen LogP contribution < -0.4 is 0 Å². The lowest BCUT2D eigenvalue weighted by Crippen LogP contribution is -2.53. The Labute approximate surface area is 160 Å². The van der Waals surface area contributed by atoms with E-state index in [1.807, 2.05) is 30.6 Å². The van der Waals surface area contributed by atoms with Gasteiger partial charge in [-0.15, -0.1) is 0 Å². The Bertz CT molecular complexity index is 677. The van der Waals surface area contributed by atoms with Gasteiger partial charge < -0.3 is 19.1 Å². The molecule has 0 saturated carbocycles. The lowest BCUT2D eigenvalue weighted by molar-refractivity contribution is -0.145. The Morgan fingerprint density at radius 3 is 2.04 bits per heavy atom. The molecule has 0 aliphatic carbocycles. The van der Waals surface area contributed by atoms with Gasteiger partial charge in [0, 0.05) is 50.6 Å². The topological polar surface area (TPSA) is 74.1 Å². The summed E-state index contributed by atoms with van der Waals surface area (Å²) in [6.07, 6.45) is 2.92. The number of carbonyl (C=O) groups is 3. The van der Waals surface area contributed by atoms with Crippen molar-refractivity contribution in [1.82, 2.24) is 14.7 Å². The van der Waals surface area contributed by atoms with Crippen LogP contribution in [0.5, 0.6) is 0 Å². The van der Waals surface area contributed by atoms with Crippen molar-refractivity contribution in [2.45, 2.75) is 33.6 Å². The molecule has 3 heterocycles. The van der Waals surface area contributed by atoms with Gasteiger partial charge in [0.1, 0.15) is 0 Å². The summed E-state index contributed by atoms with van der Waals surface area (Å²) in [7, 11) is 0. The number of amides is 3. The van der Waals surface area contributed by atoms with E-state index >= 15 is 0 Å². The molecule has 0 unspecified atom stereocenters. The molecule has 2 saturated heterocycles. The van der Waals surface area contributed by atoms with Gasteiger partial charge in [-0.2, -0.15) is 0 Å². The van der Waals surface area contributed by atoms with Gasteiger partial charge in [-0.1, -0.05) is 20.8 Å². The monoisotopic (exact) mass is 375 g/mol. The molecular weight excluding hydrogens is 346 g/mol. The minimum atomic E-state index is -0.381. The number of rotatable bonds is 2. The van der Waals surface area contributed by atoms with Crippen LogP contribution in [-0.4, -0.2) is 71.7 Å². The van der Waals surface area contributed by atoms with E-state index in [9.17, 15) is 14.4 Å². The summed E-state index contributed by atoms with van der Waals surface area (Å²) in [5, 5.41) is 0. The number of furan rings is 1. The average Bonchev–Trinajstić information content (AvgIpc) is 3.20. The van der Waals surface area contributed by atoms with Crippen molar-refractivity contribution in [3.63, 3.8) is 0 Å². The van der Waals surface area contributed by atoms with Gasteiger partial charge in [0.25, 0.3) is 5.91 Å². The van der Waals surface area contributed by atoms with Gasteiger partial charge in [-0.3, -0.25) is 14.4 Å². The van der Waals surface area contributed by atoms with E-state index in [1.54, 1.807) is 17.0 Å². The number of likely N-dealkylation sites (tertiary alicyclic amines) is 1. The van der Waals surface area contributed by atoms with Crippen molar-refractivity contribution in [3.8, 4) is 0 Å². The van der Waals surface area contributed by atoms with Gasteiger partial charge >= 0.3 is 0 Å². The Balaban J connectivity index is 1.48. The highest BCUT2D eigenvalue weighted by Crippen LogP contribution is 2.25. The standard InChI is InChI=1S/C20H29N3O4/c1-20(2,3)19(26)23-8-6-15(7-9-23)17(24)21-10-12-22(13-11-21)18(25)16-5-4-14-27-16/h4-5,14-15H,6-13H2,1-3H3. The number of piperazine rings is 1. The molecule has 7 heteroatoms. The van der Waals surface area contributed by atoms with Crippen molar-refractivity contribution in [3.05, 3.63) is 24.2 Å². The maximum absolute atomic E-state index is 12.8. The van der Waals surface area contributed by atoms with E-state index in [2.05, 4.69) is 0 Å². The van der Waals surface area contributed by atoms with Crippen LogP contribution >= 0.6 is 0 Å². The summed E-state index contributed by atoms with van der Waals surface area (Å²) in [5.74, 6) is 0.495. The minimum absolute atomic E-state index is 0.0265. The summed E-state index contributed by atoms with van der Waals surface area (Å²) in [5.41, 5.74) is -0.381. The molecule has 2 aliphatic rings. The highest BCUT2D eigenvalue weighted by atomic mass is 16.3. The molecule has 1 aromatic rings. The zero-order chi connectivity index (χ0) is 19.6. The fraction of sp³-hybridized carbons (Fsp3) is 0.650. The van der Waals surface area contributed by atoms with Crippen molar-refractivity contribution in [1.29, 1.82) is 0 Å². The first-order chi connectivity index (χ1) is 12.8. The molecule has 0 radical (unpaired) electrons. The lowest BCUT2D eigenvalue weighted by atomic mass is 9.90. The van der Waals surface area contributed by atoms with Crippen LogP contribution in [0.15, 0.2) is 22.8 Å². The minimum Gasteiger partial charge on any atom is -0.459 e. The van der Waals surface area contributed by atoms with Crippen molar-refractivity contribution < 1.29 is 18.8 Å². The van der Waals surface area contributed by atoms with Gasteiger partial charge in [0.2, 0.25) is 11.8 Å². The van der Waals surface area contributed by atoms with Crippen LogP contribution in [0.1, 0.15) is 44.2 Å². The molecule has 0 N–H and O–H groups in total. The second-order valence-corrected chi connectivity index (χ2v) is 8.41. The second kappa shape index (κ2) is 7.74. The number of piperidine rings is 1. The van der Waals surface area contributed by atoms with Gasteiger partial charge in [-0.25, -0.2) is 0 Å². The molecule has 2 fully saturated rings. The largest absolute Gasteiger partial charge is 0.459 e. The van der Waals surface area contributed by atoms with E-state index in [1.165, 1.54) is 6.26 Å². The van der Waals surface area contributed by atoms with Crippen molar-refractivity contribution in [2.75, 3.05) is 39.3 Å². The Kier molecular flexibility index (Phi) is 5.58. The number of hydrogen-bond acceptors (Lipinski definition) is 4. The number of hydrogen-bond donors (Lipinski definition) is 0. The maximum Gasteiger partial charge on any atom is 0.289 e. The third-order valence-electron chi connectivity index (χ3n) is 5.38. The van der Waals surface area contributed by atoms with E-state index in [0.717, 1.165) is 0 Å². The molecular formula is C20H29N3O4. The summed E-state index contributed by atoms with van der Waals surface area (Å²) < 4.78 is 5.17. The smallest absolute Gasteiger partial charge is 0.289 e. The Morgan fingerprint density at radius 1 is 0.926 bits per heavy atom. The molecule has 2 aliphatic heterocycles. The fourth-order valence-corrected chi connectivity index (χ4v) is 3.75. The number of nitrogens with zero attached hydrogens (tertiary/aromatic N) is 3. The molecule has 3 rings (SSSR count). The predicted molar refractivity (Wildman–Crippen MR) is 100.0 cm³/mol. The first-order valence-electron chi connectivity index (χ1n) is 9.68. The zero-order valence-electron chi connectivity index (χ0n) is 16.4. The molecule has 148 valence electrons. The van der Waals surface area contributed by atoms with Gasteiger partial charge in [0.15, 0.2) is 5.76 Å². The third kappa shape index (κ3) is 4.34. The molecule has 0 atom stereocenters. The lowest BCUT2D eigenvalue weighted by Gasteiger charge is -2.39. The van der Waals surface area contributed by atoms with Gasteiger partial charge in [0.05, 0.1) is 6.26 Å².